The van der Waals surface area contributed by atoms with Gasteiger partial charge in [0.25, 0.3) is 0 Å². The van der Waals surface area contributed by atoms with Crippen LogP contribution in [0.2, 0.25) is 0 Å². The smallest absolute Gasteiger partial charge is 0.123 e. The molecule has 2 heterocycles. The third-order valence-electron chi connectivity index (χ3n) is 5.34. The molecule has 1 aromatic heterocycles. The number of aliphatic hydroxyl groups is 1. The second-order valence-corrected chi connectivity index (χ2v) is 8.78. The molecule has 4 nitrogen and oxygen atoms in total. The third-order valence-corrected chi connectivity index (χ3v) is 6.35. The predicted molar refractivity (Wildman–Crippen MR) is 117 cm³/mol. The first-order chi connectivity index (χ1) is 14.0. The van der Waals surface area contributed by atoms with Crippen LogP contribution in [0.3, 0.4) is 0 Å². The lowest BCUT2D eigenvalue weighted by molar-refractivity contribution is 0.00748. The standard InChI is InChI=1S/C24H27NO3S/c1-18-10-13-29-23(18)16-25-11-12-27-22-9-8-20(14-19(22)15-25)24(2,26)17-28-21-6-4-3-5-7-21/h3-10,13-14,26H,11-12,15-17H2,1-2H3. The second kappa shape index (κ2) is 8.57. The first kappa shape index (κ1) is 20.0. The fraction of sp³-hybridized carbons (Fsp3) is 0.333. The van der Waals surface area contributed by atoms with E-state index in [1.54, 1.807) is 18.3 Å². The minimum absolute atomic E-state index is 0.189. The molecule has 0 amide bonds. The van der Waals surface area contributed by atoms with E-state index in [1.807, 2.05) is 42.5 Å². The largest absolute Gasteiger partial charge is 0.492 e. The van der Waals surface area contributed by atoms with E-state index in [0.29, 0.717) is 6.61 Å². The van der Waals surface area contributed by atoms with Gasteiger partial charge in [-0.15, -0.1) is 11.3 Å². The van der Waals surface area contributed by atoms with Crippen molar-refractivity contribution < 1.29 is 14.6 Å². The number of rotatable bonds is 6. The average Bonchev–Trinajstić information content (AvgIpc) is 3.01. The zero-order valence-electron chi connectivity index (χ0n) is 16.9. The van der Waals surface area contributed by atoms with Crippen molar-refractivity contribution in [2.24, 2.45) is 0 Å². The zero-order valence-corrected chi connectivity index (χ0v) is 17.7. The molecule has 3 aromatic rings. The molecule has 152 valence electrons. The molecule has 0 radical (unpaired) electrons. The first-order valence-electron chi connectivity index (χ1n) is 9.93. The zero-order chi connectivity index (χ0) is 20.3. The molecular weight excluding hydrogens is 382 g/mol. The van der Waals surface area contributed by atoms with Crippen LogP contribution in [0, 0.1) is 6.92 Å². The van der Waals surface area contributed by atoms with E-state index in [2.05, 4.69) is 29.3 Å². The van der Waals surface area contributed by atoms with Crippen molar-refractivity contribution in [2.75, 3.05) is 19.8 Å². The molecule has 5 heteroatoms. The quantitative estimate of drug-likeness (QED) is 0.639. The SMILES string of the molecule is Cc1ccsc1CN1CCOc2ccc(C(C)(O)COc3ccccc3)cc2C1. The Morgan fingerprint density at radius 1 is 1.17 bits per heavy atom. The van der Waals surface area contributed by atoms with Crippen LogP contribution in [-0.2, 0) is 18.7 Å². The number of hydrogen-bond donors (Lipinski definition) is 1. The van der Waals surface area contributed by atoms with Crippen LogP contribution < -0.4 is 9.47 Å². The van der Waals surface area contributed by atoms with E-state index in [9.17, 15) is 5.11 Å². The Balaban J connectivity index is 1.50. The van der Waals surface area contributed by atoms with Gasteiger partial charge in [-0.2, -0.15) is 0 Å². The summed E-state index contributed by atoms with van der Waals surface area (Å²) in [6.07, 6.45) is 0. The van der Waals surface area contributed by atoms with Gasteiger partial charge in [-0.1, -0.05) is 24.3 Å². The predicted octanol–water partition coefficient (Wildman–Crippen LogP) is 4.74. The summed E-state index contributed by atoms with van der Waals surface area (Å²) in [6.45, 7) is 7.42. The Morgan fingerprint density at radius 3 is 2.76 bits per heavy atom. The van der Waals surface area contributed by atoms with Crippen molar-refractivity contribution in [3.63, 3.8) is 0 Å². The van der Waals surface area contributed by atoms with Crippen LogP contribution in [0.4, 0.5) is 0 Å². The molecule has 0 saturated carbocycles. The molecular formula is C24H27NO3S. The van der Waals surface area contributed by atoms with Gasteiger partial charge in [0.15, 0.2) is 0 Å². The van der Waals surface area contributed by atoms with Gasteiger partial charge in [0.1, 0.15) is 30.3 Å². The van der Waals surface area contributed by atoms with Crippen LogP contribution in [0.1, 0.15) is 28.5 Å². The number of hydrogen-bond acceptors (Lipinski definition) is 5. The van der Waals surface area contributed by atoms with E-state index in [-0.39, 0.29) is 6.61 Å². The molecule has 29 heavy (non-hydrogen) atoms. The number of fused-ring (bicyclic) bond motifs is 1. The normalized spacial score (nSPS) is 16.4. The maximum Gasteiger partial charge on any atom is 0.123 e. The third kappa shape index (κ3) is 4.81. The van der Waals surface area contributed by atoms with E-state index in [1.165, 1.54) is 10.4 Å². The summed E-state index contributed by atoms with van der Waals surface area (Å²) in [7, 11) is 0. The van der Waals surface area contributed by atoms with Crippen molar-refractivity contribution in [1.82, 2.24) is 4.90 Å². The Bertz CT molecular complexity index is 952. The van der Waals surface area contributed by atoms with Crippen LogP contribution in [-0.4, -0.2) is 29.8 Å². The summed E-state index contributed by atoms with van der Waals surface area (Å²) in [6, 6.07) is 17.7. The summed E-state index contributed by atoms with van der Waals surface area (Å²) >= 11 is 1.80. The molecule has 0 bridgehead atoms. The van der Waals surface area contributed by atoms with Gasteiger partial charge in [0, 0.05) is 30.1 Å². The van der Waals surface area contributed by atoms with Gasteiger partial charge in [0.2, 0.25) is 0 Å². The highest BCUT2D eigenvalue weighted by molar-refractivity contribution is 7.10. The van der Waals surface area contributed by atoms with Crippen LogP contribution in [0.15, 0.2) is 60.0 Å². The minimum atomic E-state index is -1.09. The Hall–Kier alpha value is -2.34. The van der Waals surface area contributed by atoms with E-state index in [0.717, 1.165) is 42.3 Å². The van der Waals surface area contributed by atoms with Crippen LogP contribution in [0.5, 0.6) is 11.5 Å². The van der Waals surface area contributed by atoms with Gasteiger partial charge in [-0.3, -0.25) is 4.90 Å². The minimum Gasteiger partial charge on any atom is -0.492 e. The van der Waals surface area contributed by atoms with Crippen molar-refractivity contribution in [3.05, 3.63) is 81.5 Å². The molecule has 4 rings (SSSR count). The van der Waals surface area contributed by atoms with E-state index >= 15 is 0 Å². The van der Waals surface area contributed by atoms with Crippen molar-refractivity contribution in [3.8, 4) is 11.5 Å². The number of aryl methyl sites for hydroxylation is 1. The van der Waals surface area contributed by atoms with Gasteiger partial charge >= 0.3 is 0 Å². The summed E-state index contributed by atoms with van der Waals surface area (Å²) < 4.78 is 11.8. The highest BCUT2D eigenvalue weighted by Gasteiger charge is 2.26. The topological polar surface area (TPSA) is 41.9 Å². The lowest BCUT2D eigenvalue weighted by atomic mass is 9.94. The maximum absolute atomic E-state index is 11.1. The number of thiophene rings is 1. The van der Waals surface area contributed by atoms with E-state index < -0.39 is 5.60 Å². The highest BCUT2D eigenvalue weighted by Crippen LogP contribution is 2.31. The number of benzene rings is 2. The molecule has 2 aromatic carbocycles. The molecule has 1 unspecified atom stereocenters. The fourth-order valence-corrected chi connectivity index (χ4v) is 4.46. The van der Waals surface area contributed by atoms with Crippen LogP contribution in [0.25, 0.3) is 0 Å². The number of ether oxygens (including phenoxy) is 2. The van der Waals surface area contributed by atoms with Crippen LogP contribution >= 0.6 is 11.3 Å². The lowest BCUT2D eigenvalue weighted by Crippen LogP contribution is -2.30. The molecule has 0 spiro atoms. The molecule has 1 aliphatic heterocycles. The van der Waals surface area contributed by atoms with Gasteiger partial charge in [0.05, 0.1) is 0 Å². The Labute approximate surface area is 176 Å². The van der Waals surface area contributed by atoms with Crippen molar-refractivity contribution >= 4 is 11.3 Å². The second-order valence-electron chi connectivity index (χ2n) is 7.78. The van der Waals surface area contributed by atoms with Gasteiger partial charge < -0.3 is 14.6 Å². The maximum atomic E-state index is 11.1. The summed E-state index contributed by atoms with van der Waals surface area (Å²) in [5.41, 5.74) is 2.20. The molecule has 0 aliphatic carbocycles. The van der Waals surface area contributed by atoms with Crippen molar-refractivity contribution in [1.29, 1.82) is 0 Å². The van der Waals surface area contributed by atoms with Crippen molar-refractivity contribution in [2.45, 2.75) is 32.5 Å². The first-order valence-corrected chi connectivity index (χ1v) is 10.8. The Morgan fingerprint density at radius 2 is 2.00 bits per heavy atom. The lowest BCUT2D eigenvalue weighted by Gasteiger charge is -2.25. The average molecular weight is 410 g/mol. The molecule has 1 atom stereocenters. The molecule has 1 N–H and O–H groups in total. The molecule has 0 fully saturated rings. The summed E-state index contributed by atoms with van der Waals surface area (Å²) in [4.78, 5) is 3.80. The molecule has 1 aliphatic rings. The van der Waals surface area contributed by atoms with E-state index in [4.69, 9.17) is 9.47 Å². The summed E-state index contributed by atoms with van der Waals surface area (Å²) in [5.74, 6) is 1.65. The highest BCUT2D eigenvalue weighted by atomic mass is 32.1. The Kier molecular flexibility index (Phi) is 5.90. The summed E-state index contributed by atoms with van der Waals surface area (Å²) in [5, 5.41) is 13.2. The number of para-hydroxylation sites is 1. The van der Waals surface area contributed by atoms with Gasteiger partial charge in [-0.25, -0.2) is 0 Å². The number of nitrogens with zero attached hydrogens (tertiary/aromatic N) is 1. The monoisotopic (exact) mass is 409 g/mol. The fourth-order valence-electron chi connectivity index (χ4n) is 3.51. The molecule has 0 saturated heterocycles. The van der Waals surface area contributed by atoms with Gasteiger partial charge in [-0.05, 0) is 60.7 Å².